The summed E-state index contributed by atoms with van der Waals surface area (Å²) in [7, 11) is 0. The molecule has 0 N–H and O–H groups in total. The summed E-state index contributed by atoms with van der Waals surface area (Å²) in [6, 6.07) is 0. The molecule has 176 valence electrons. The van der Waals surface area contributed by atoms with Gasteiger partial charge in [0.1, 0.15) is 0 Å². The number of carbonyl (C=O) groups excluding carboxylic acids is 4. The average Bonchev–Trinajstić information content (AvgIpc) is 2.35. The summed E-state index contributed by atoms with van der Waals surface area (Å²) < 4.78 is 0. The summed E-state index contributed by atoms with van der Waals surface area (Å²) >= 11 is 0. The molecule has 0 amide bonds. The second-order valence-electron chi connectivity index (χ2n) is 10.1. The van der Waals surface area contributed by atoms with Gasteiger partial charge in [-0.1, -0.05) is 83.1 Å². The number of carboxylic acid groups (broad SMARTS) is 4. The molecule has 0 saturated carbocycles. The Hall–Kier alpha value is -0.743. The molecule has 0 aliphatic carbocycles. The maximum absolute atomic E-state index is 9.91. The largest absolute Gasteiger partial charge is 2.00 e. The maximum atomic E-state index is 9.91. The Morgan fingerprint density at radius 2 is 0.400 bits per heavy atom. The van der Waals surface area contributed by atoms with Gasteiger partial charge in [-0.15, -0.1) is 0 Å². The summed E-state index contributed by atoms with van der Waals surface area (Å²) in [5.41, 5.74) is -2.78. The Labute approximate surface area is 209 Å². The fourth-order valence-electron chi connectivity index (χ4n) is 0. The van der Waals surface area contributed by atoms with E-state index in [2.05, 4.69) is 0 Å². The molecule has 0 radical (unpaired) electrons. The van der Waals surface area contributed by atoms with Crippen molar-refractivity contribution in [1.82, 2.24) is 0 Å². The number of carboxylic acids is 4. The minimum atomic E-state index is -1.01. The van der Waals surface area contributed by atoms with Crippen LogP contribution in [-0.2, 0) is 61.3 Å². The molecule has 0 fully saturated rings. The molecule has 0 aromatic rings. The molecule has 0 aliphatic heterocycles. The van der Waals surface area contributed by atoms with Crippen molar-refractivity contribution in [3.05, 3.63) is 0 Å². The first-order valence-electron chi connectivity index (χ1n) is 8.63. The quantitative estimate of drug-likeness (QED) is 0.307. The van der Waals surface area contributed by atoms with Crippen LogP contribution in [0.15, 0.2) is 0 Å². The Bertz CT molecular complexity index is 421. The van der Waals surface area contributed by atoms with E-state index >= 15 is 0 Å². The smallest absolute Gasteiger partial charge is 0.550 e. The minimum Gasteiger partial charge on any atom is -0.550 e. The van der Waals surface area contributed by atoms with E-state index in [1.54, 1.807) is 83.1 Å². The van der Waals surface area contributed by atoms with Gasteiger partial charge in [0.2, 0.25) is 0 Å². The van der Waals surface area contributed by atoms with Crippen molar-refractivity contribution >= 4 is 23.9 Å². The van der Waals surface area contributed by atoms with Crippen molar-refractivity contribution < 1.29 is 81.7 Å². The molecule has 8 nitrogen and oxygen atoms in total. The van der Waals surface area contributed by atoms with E-state index < -0.39 is 45.5 Å². The van der Waals surface area contributed by atoms with Crippen molar-refractivity contribution in [2.45, 2.75) is 83.1 Å². The average molecular weight is 772 g/mol. The fourth-order valence-corrected chi connectivity index (χ4v) is 0. The van der Waals surface area contributed by atoms with Crippen molar-refractivity contribution in [1.29, 1.82) is 0 Å². The molecular weight excluding hydrogens is 736 g/mol. The van der Waals surface area contributed by atoms with Crippen molar-refractivity contribution in [3.63, 3.8) is 0 Å². The minimum absolute atomic E-state index is 0. The van der Waals surface area contributed by atoms with Gasteiger partial charge in [0.15, 0.2) is 0 Å². The topological polar surface area (TPSA) is 161 Å². The van der Waals surface area contributed by atoms with Crippen LogP contribution < -0.4 is 20.4 Å². The van der Waals surface area contributed by atoms with Gasteiger partial charge in [0, 0.05) is 45.5 Å². The Morgan fingerprint density at radius 1 is 0.367 bits per heavy atom. The first-order chi connectivity index (χ1) is 11.8. The first-order valence-corrected chi connectivity index (χ1v) is 8.63. The molecule has 0 heterocycles. The van der Waals surface area contributed by atoms with Crippen LogP contribution in [-0.4, -0.2) is 23.9 Å². The number of rotatable bonds is 0. The predicted molar refractivity (Wildman–Crippen MR) is 97.8 cm³/mol. The van der Waals surface area contributed by atoms with E-state index in [0.717, 1.165) is 0 Å². The SMILES string of the molecule is CC(C)(C)C(=O)[O-].CC(C)(C)C(=O)[O-].CC(C)(C)C(=O)[O-].CC(C)(C)C(=O)[O-].[W+2].[W+2]. The van der Waals surface area contributed by atoms with Crippen LogP contribution in [0.3, 0.4) is 0 Å². The van der Waals surface area contributed by atoms with Gasteiger partial charge in [0.05, 0.1) is 0 Å². The van der Waals surface area contributed by atoms with E-state index in [0.29, 0.717) is 0 Å². The van der Waals surface area contributed by atoms with Gasteiger partial charge < -0.3 is 39.6 Å². The number of hydrogen-bond acceptors (Lipinski definition) is 8. The molecule has 0 saturated heterocycles. The van der Waals surface area contributed by atoms with Gasteiger partial charge in [-0.05, 0) is 0 Å². The first kappa shape index (κ1) is 43.2. The fraction of sp³-hybridized carbons (Fsp3) is 0.800. The summed E-state index contributed by atoms with van der Waals surface area (Å²) in [6.45, 7) is 19.2. The van der Waals surface area contributed by atoms with E-state index in [9.17, 15) is 39.6 Å². The zero-order valence-corrected chi connectivity index (χ0v) is 25.9. The molecule has 0 unspecified atom stereocenters. The second kappa shape index (κ2) is 16.9. The monoisotopic (exact) mass is 772 g/mol. The standard InChI is InChI=1S/4C5H10O2.2W/c4*1-5(2,3)4(6)7;;/h4*1-3H3,(H,6,7);;/q;;;;2*+2/p-4. The van der Waals surface area contributed by atoms with Crippen LogP contribution in [0.4, 0.5) is 0 Å². The summed E-state index contributed by atoms with van der Waals surface area (Å²) in [4.78, 5) is 39.6. The predicted octanol–water partition coefficient (Wildman–Crippen LogP) is -0.875. The third-order valence-electron chi connectivity index (χ3n) is 2.45. The summed E-state index contributed by atoms with van der Waals surface area (Å²) in [5, 5.41) is 39.6. The molecule has 0 aromatic heterocycles. The van der Waals surface area contributed by atoms with Crippen LogP contribution in [0, 0.1) is 21.7 Å². The van der Waals surface area contributed by atoms with E-state index in [4.69, 9.17) is 0 Å². The third-order valence-corrected chi connectivity index (χ3v) is 2.45. The Kier molecular flexibility index (Phi) is 24.3. The van der Waals surface area contributed by atoms with Gasteiger partial charge in [-0.25, -0.2) is 0 Å². The van der Waals surface area contributed by atoms with Crippen LogP contribution in [0.1, 0.15) is 83.1 Å². The second-order valence-corrected chi connectivity index (χ2v) is 10.1. The molecule has 0 aliphatic rings. The van der Waals surface area contributed by atoms with Crippen LogP contribution in [0.5, 0.6) is 0 Å². The molecular formula is C20H36O8W2. The van der Waals surface area contributed by atoms with Crippen molar-refractivity contribution in [2.75, 3.05) is 0 Å². The van der Waals surface area contributed by atoms with Crippen LogP contribution >= 0.6 is 0 Å². The maximum Gasteiger partial charge on any atom is 2.00 e. The van der Waals surface area contributed by atoms with Gasteiger partial charge >= 0.3 is 42.1 Å². The summed E-state index contributed by atoms with van der Waals surface area (Å²) in [6.07, 6.45) is 0. The molecule has 0 spiro atoms. The van der Waals surface area contributed by atoms with E-state index in [1.807, 2.05) is 0 Å². The van der Waals surface area contributed by atoms with Crippen LogP contribution in [0.25, 0.3) is 0 Å². The van der Waals surface area contributed by atoms with Gasteiger partial charge in [-0.2, -0.15) is 0 Å². The molecule has 0 aromatic carbocycles. The molecule has 10 heteroatoms. The third kappa shape index (κ3) is 34.7. The van der Waals surface area contributed by atoms with Gasteiger partial charge in [-0.3, -0.25) is 0 Å². The van der Waals surface area contributed by atoms with Crippen molar-refractivity contribution in [2.24, 2.45) is 21.7 Å². The number of hydrogen-bond donors (Lipinski definition) is 0. The Balaban J connectivity index is -0.0000000626. The molecule has 0 atom stereocenters. The summed E-state index contributed by atoms with van der Waals surface area (Å²) in [5.74, 6) is -4.03. The number of carbonyl (C=O) groups is 4. The zero-order chi connectivity index (χ0) is 24.3. The van der Waals surface area contributed by atoms with Gasteiger partial charge in [0.25, 0.3) is 0 Å². The zero-order valence-electron chi connectivity index (χ0n) is 20.1. The molecule has 0 bridgehead atoms. The number of aliphatic carboxylic acids is 4. The van der Waals surface area contributed by atoms with E-state index in [-0.39, 0.29) is 42.1 Å². The molecule has 0 rings (SSSR count). The van der Waals surface area contributed by atoms with Crippen molar-refractivity contribution in [3.8, 4) is 0 Å². The molecule has 30 heavy (non-hydrogen) atoms. The Morgan fingerprint density at radius 3 is 0.400 bits per heavy atom. The van der Waals surface area contributed by atoms with E-state index in [1.165, 1.54) is 0 Å². The van der Waals surface area contributed by atoms with Crippen LogP contribution in [0.2, 0.25) is 0 Å². The normalized spacial score (nSPS) is 10.5.